The minimum atomic E-state index is 0.458. The summed E-state index contributed by atoms with van der Waals surface area (Å²) in [6, 6.07) is 13.2. The Morgan fingerprint density at radius 3 is 2.58 bits per heavy atom. The molecule has 5 heteroatoms. The van der Waals surface area contributed by atoms with Crippen molar-refractivity contribution in [3.63, 3.8) is 0 Å². The first-order valence-corrected chi connectivity index (χ1v) is 5.80. The molecule has 0 unspecified atom stereocenters. The molecule has 2 heterocycles. The van der Waals surface area contributed by atoms with Crippen LogP contribution in [0.5, 0.6) is 0 Å². The van der Waals surface area contributed by atoms with Crippen LogP contribution in [0.4, 0.5) is 5.82 Å². The molecular weight excluding hydrogens is 240 g/mol. The molecule has 1 aromatic carbocycles. The third-order valence-electron chi connectivity index (χ3n) is 2.89. The minimum Gasteiger partial charge on any atom is -0.410 e. The van der Waals surface area contributed by atoms with Crippen LogP contribution in [0.2, 0.25) is 0 Å². The van der Waals surface area contributed by atoms with Gasteiger partial charge in [-0.25, -0.2) is 4.98 Å². The third-order valence-corrected chi connectivity index (χ3v) is 2.89. The summed E-state index contributed by atoms with van der Waals surface area (Å²) in [5.41, 5.74) is 8.55. The van der Waals surface area contributed by atoms with Gasteiger partial charge in [-0.1, -0.05) is 35.5 Å². The Kier molecular flexibility index (Phi) is 2.64. The predicted octanol–water partition coefficient (Wildman–Crippen LogP) is 2.14. The zero-order valence-electron chi connectivity index (χ0n) is 10.1. The van der Waals surface area contributed by atoms with Crippen molar-refractivity contribution in [3.8, 4) is 0 Å². The zero-order chi connectivity index (χ0) is 13.2. The maximum atomic E-state index is 9.25. The summed E-state index contributed by atoms with van der Waals surface area (Å²) < 4.78 is 1.80. The van der Waals surface area contributed by atoms with E-state index in [2.05, 4.69) is 10.1 Å². The minimum absolute atomic E-state index is 0.458. The van der Waals surface area contributed by atoms with E-state index in [9.17, 15) is 5.21 Å². The fourth-order valence-corrected chi connectivity index (χ4v) is 2.03. The number of oxime groups is 1. The van der Waals surface area contributed by atoms with Gasteiger partial charge in [0.05, 0.1) is 6.20 Å². The number of pyridine rings is 1. The SMILES string of the molecule is Nc1cn2cc(/C(=N/O)c3ccccc3)ccc2n1. The van der Waals surface area contributed by atoms with Crippen LogP contribution in [0, 0.1) is 0 Å². The Bertz CT molecular complexity index is 746. The molecule has 0 bridgehead atoms. The largest absolute Gasteiger partial charge is 0.410 e. The number of nitrogen functional groups attached to an aromatic ring is 1. The molecule has 0 aliphatic heterocycles. The molecule has 19 heavy (non-hydrogen) atoms. The lowest BCUT2D eigenvalue weighted by molar-refractivity contribution is 0.319. The van der Waals surface area contributed by atoms with Gasteiger partial charge in [-0.2, -0.15) is 0 Å². The van der Waals surface area contributed by atoms with Crippen LogP contribution < -0.4 is 5.73 Å². The zero-order valence-corrected chi connectivity index (χ0v) is 10.1. The van der Waals surface area contributed by atoms with E-state index in [0.29, 0.717) is 11.5 Å². The van der Waals surface area contributed by atoms with Crippen LogP contribution in [0.1, 0.15) is 11.1 Å². The van der Waals surface area contributed by atoms with Crippen LogP contribution in [0.25, 0.3) is 5.65 Å². The lowest BCUT2D eigenvalue weighted by Gasteiger charge is -2.05. The van der Waals surface area contributed by atoms with Crippen molar-refractivity contribution in [2.75, 3.05) is 5.73 Å². The summed E-state index contributed by atoms with van der Waals surface area (Å²) in [4.78, 5) is 4.15. The van der Waals surface area contributed by atoms with Crippen molar-refractivity contribution < 1.29 is 5.21 Å². The van der Waals surface area contributed by atoms with Gasteiger partial charge >= 0.3 is 0 Å². The first kappa shape index (κ1) is 11.3. The number of aromatic nitrogens is 2. The highest BCUT2D eigenvalue weighted by atomic mass is 16.4. The number of fused-ring (bicyclic) bond motifs is 1. The summed E-state index contributed by atoms with van der Waals surface area (Å²) in [7, 11) is 0. The lowest BCUT2D eigenvalue weighted by Crippen LogP contribution is -2.04. The molecule has 3 aromatic rings. The molecule has 0 fully saturated rings. The van der Waals surface area contributed by atoms with Crippen molar-refractivity contribution in [1.29, 1.82) is 0 Å². The van der Waals surface area contributed by atoms with Gasteiger partial charge in [-0.05, 0) is 12.1 Å². The number of nitrogens with two attached hydrogens (primary N) is 1. The first-order chi connectivity index (χ1) is 9.28. The van der Waals surface area contributed by atoms with E-state index in [4.69, 9.17) is 5.73 Å². The average molecular weight is 252 g/mol. The Morgan fingerprint density at radius 1 is 1.05 bits per heavy atom. The fourth-order valence-electron chi connectivity index (χ4n) is 2.03. The normalized spacial score (nSPS) is 11.9. The summed E-state index contributed by atoms with van der Waals surface area (Å²) in [6.45, 7) is 0. The summed E-state index contributed by atoms with van der Waals surface area (Å²) in [5.74, 6) is 0.458. The number of benzene rings is 1. The monoisotopic (exact) mass is 252 g/mol. The van der Waals surface area contributed by atoms with Gasteiger partial charge in [-0.15, -0.1) is 0 Å². The van der Waals surface area contributed by atoms with Crippen LogP contribution in [-0.2, 0) is 0 Å². The van der Waals surface area contributed by atoms with Crippen molar-refractivity contribution >= 4 is 17.2 Å². The van der Waals surface area contributed by atoms with E-state index in [1.807, 2.05) is 48.7 Å². The molecule has 0 saturated heterocycles. The molecule has 0 radical (unpaired) electrons. The molecular formula is C14H12N4O. The molecule has 0 atom stereocenters. The predicted molar refractivity (Wildman–Crippen MR) is 73.5 cm³/mol. The summed E-state index contributed by atoms with van der Waals surface area (Å²) in [5, 5.41) is 12.6. The van der Waals surface area contributed by atoms with Crippen LogP contribution in [-0.4, -0.2) is 20.3 Å². The van der Waals surface area contributed by atoms with Gasteiger partial charge in [0.25, 0.3) is 0 Å². The Hall–Kier alpha value is -2.82. The van der Waals surface area contributed by atoms with Crippen LogP contribution in [0.3, 0.4) is 0 Å². The Morgan fingerprint density at radius 2 is 1.84 bits per heavy atom. The van der Waals surface area contributed by atoms with E-state index in [-0.39, 0.29) is 0 Å². The van der Waals surface area contributed by atoms with E-state index in [0.717, 1.165) is 16.8 Å². The number of hydrogen-bond acceptors (Lipinski definition) is 4. The van der Waals surface area contributed by atoms with E-state index < -0.39 is 0 Å². The van der Waals surface area contributed by atoms with Gasteiger partial charge in [0.15, 0.2) is 0 Å². The maximum absolute atomic E-state index is 9.25. The molecule has 5 nitrogen and oxygen atoms in total. The van der Waals surface area contributed by atoms with Crippen molar-refractivity contribution in [3.05, 3.63) is 66.0 Å². The van der Waals surface area contributed by atoms with Crippen LogP contribution in [0.15, 0.2) is 60.0 Å². The average Bonchev–Trinajstić information content (AvgIpc) is 2.80. The quantitative estimate of drug-likeness (QED) is 0.417. The van der Waals surface area contributed by atoms with Gasteiger partial charge in [0.2, 0.25) is 0 Å². The molecule has 94 valence electrons. The molecule has 0 aliphatic carbocycles. The topological polar surface area (TPSA) is 75.9 Å². The van der Waals surface area contributed by atoms with Gasteiger partial charge in [0, 0.05) is 17.3 Å². The second kappa shape index (κ2) is 4.45. The first-order valence-electron chi connectivity index (χ1n) is 5.80. The molecule has 0 saturated carbocycles. The third kappa shape index (κ3) is 2.01. The van der Waals surface area contributed by atoms with Crippen molar-refractivity contribution in [1.82, 2.24) is 9.38 Å². The van der Waals surface area contributed by atoms with Crippen molar-refractivity contribution in [2.45, 2.75) is 0 Å². The number of anilines is 1. The second-order valence-corrected chi connectivity index (χ2v) is 4.16. The number of nitrogens with zero attached hydrogens (tertiary/aromatic N) is 3. The molecule has 3 N–H and O–H groups in total. The summed E-state index contributed by atoms with van der Waals surface area (Å²) in [6.07, 6.45) is 3.56. The molecule has 3 rings (SSSR count). The number of rotatable bonds is 2. The van der Waals surface area contributed by atoms with E-state index in [1.165, 1.54) is 0 Å². The van der Waals surface area contributed by atoms with Gasteiger partial charge in [-0.3, -0.25) is 0 Å². The smallest absolute Gasteiger partial charge is 0.142 e. The van der Waals surface area contributed by atoms with Gasteiger partial charge in [0.1, 0.15) is 17.2 Å². The second-order valence-electron chi connectivity index (χ2n) is 4.16. The highest BCUT2D eigenvalue weighted by Gasteiger charge is 2.09. The standard InChI is InChI=1S/C14H12N4O/c15-12-9-18-8-11(6-7-13(18)16-12)14(17-19)10-4-2-1-3-5-10/h1-9,19H,15H2/b17-14+. The molecule has 0 aliphatic rings. The lowest BCUT2D eigenvalue weighted by atomic mass is 10.0. The Labute approximate surface area is 109 Å². The highest BCUT2D eigenvalue weighted by molar-refractivity contribution is 6.12. The van der Waals surface area contributed by atoms with E-state index >= 15 is 0 Å². The maximum Gasteiger partial charge on any atom is 0.142 e. The number of hydrogen-bond donors (Lipinski definition) is 2. The highest BCUT2D eigenvalue weighted by Crippen LogP contribution is 2.13. The fraction of sp³-hybridized carbons (Fsp3) is 0. The van der Waals surface area contributed by atoms with E-state index in [1.54, 1.807) is 10.6 Å². The number of imidazole rings is 1. The Balaban J connectivity index is 2.12. The van der Waals surface area contributed by atoms with Crippen molar-refractivity contribution in [2.24, 2.45) is 5.16 Å². The molecule has 0 amide bonds. The van der Waals surface area contributed by atoms with Crippen LogP contribution >= 0.6 is 0 Å². The molecule has 2 aromatic heterocycles. The summed E-state index contributed by atoms with van der Waals surface area (Å²) >= 11 is 0. The van der Waals surface area contributed by atoms with Gasteiger partial charge < -0.3 is 15.3 Å². The molecule has 0 spiro atoms.